The van der Waals surface area contributed by atoms with E-state index in [0.29, 0.717) is 5.56 Å². The molecule has 15 heavy (non-hydrogen) atoms. The normalized spacial score (nSPS) is 16.0. The molecule has 3 nitrogen and oxygen atoms in total. The summed E-state index contributed by atoms with van der Waals surface area (Å²) in [5.41, 5.74) is 1.58. The molecule has 0 unspecified atom stereocenters. The lowest BCUT2D eigenvalue weighted by Gasteiger charge is -2.19. The van der Waals surface area contributed by atoms with Gasteiger partial charge in [0.05, 0.1) is 11.4 Å². The predicted molar refractivity (Wildman–Crippen MR) is 60.4 cm³/mol. The Morgan fingerprint density at radius 1 is 1.27 bits per heavy atom. The zero-order chi connectivity index (χ0) is 11.6. The first-order chi connectivity index (χ1) is 6.84. The van der Waals surface area contributed by atoms with E-state index in [2.05, 4.69) is 0 Å². The van der Waals surface area contributed by atoms with Gasteiger partial charge in [0, 0.05) is 6.26 Å². The highest BCUT2D eigenvalue weighted by molar-refractivity contribution is 7.91. The van der Waals surface area contributed by atoms with Gasteiger partial charge < -0.3 is 5.11 Å². The van der Waals surface area contributed by atoms with Crippen molar-refractivity contribution in [1.82, 2.24) is 0 Å². The lowest BCUT2D eigenvalue weighted by molar-refractivity contribution is 0.175. The van der Waals surface area contributed by atoms with Crippen LogP contribution in [0.5, 0.6) is 0 Å². The van der Waals surface area contributed by atoms with Crippen molar-refractivity contribution in [3.8, 4) is 0 Å². The van der Waals surface area contributed by atoms with Gasteiger partial charge in [0.15, 0.2) is 9.84 Å². The van der Waals surface area contributed by atoms with Crippen molar-refractivity contribution in [3.63, 3.8) is 0 Å². The highest BCUT2D eigenvalue weighted by Gasteiger charge is 2.26. The number of aryl methyl sites for hydroxylation is 1. The van der Waals surface area contributed by atoms with Gasteiger partial charge in [-0.3, -0.25) is 0 Å². The average Bonchev–Trinajstić information content (AvgIpc) is 2.15. The molecule has 4 heteroatoms. The molecular weight excluding hydrogens is 212 g/mol. The lowest BCUT2D eigenvalue weighted by Crippen LogP contribution is -2.24. The Morgan fingerprint density at radius 3 is 2.27 bits per heavy atom. The minimum absolute atomic E-state index is 0.676. The van der Waals surface area contributed by atoms with E-state index in [1.54, 1.807) is 12.1 Å². The van der Waals surface area contributed by atoms with Gasteiger partial charge in [0.2, 0.25) is 0 Å². The third-order valence-corrected chi connectivity index (χ3v) is 4.24. The number of aliphatic hydroxyl groups is 1. The van der Waals surface area contributed by atoms with Gasteiger partial charge in [-0.2, -0.15) is 0 Å². The topological polar surface area (TPSA) is 54.4 Å². The Labute approximate surface area is 90.7 Å². The van der Waals surface area contributed by atoms with Gasteiger partial charge in [0.25, 0.3) is 0 Å². The van der Waals surface area contributed by atoms with Crippen LogP contribution in [0.1, 0.15) is 24.2 Å². The van der Waals surface area contributed by atoms with Crippen LogP contribution in [-0.2, 0) is 9.84 Å². The van der Waals surface area contributed by atoms with Crippen LogP contribution in [0.2, 0.25) is 0 Å². The Bertz CT molecular complexity index is 437. The van der Waals surface area contributed by atoms with Crippen molar-refractivity contribution in [3.05, 3.63) is 35.4 Å². The van der Waals surface area contributed by atoms with E-state index >= 15 is 0 Å². The maximum atomic E-state index is 11.3. The first kappa shape index (κ1) is 12.2. The van der Waals surface area contributed by atoms with Crippen LogP contribution in [0.4, 0.5) is 0 Å². The number of sulfone groups is 1. The molecule has 0 saturated heterocycles. The van der Waals surface area contributed by atoms with Gasteiger partial charge in [-0.15, -0.1) is 0 Å². The van der Waals surface area contributed by atoms with E-state index < -0.39 is 21.2 Å². The molecule has 1 rings (SSSR count). The molecule has 0 radical (unpaired) electrons. The van der Waals surface area contributed by atoms with Crippen molar-refractivity contribution >= 4 is 9.84 Å². The predicted octanol–water partition coefficient (Wildman–Crippen LogP) is 1.46. The molecule has 0 saturated carbocycles. The number of hydrogen-bond acceptors (Lipinski definition) is 3. The molecule has 0 aliphatic carbocycles. The summed E-state index contributed by atoms with van der Waals surface area (Å²) >= 11 is 0. The van der Waals surface area contributed by atoms with Crippen molar-refractivity contribution in [1.29, 1.82) is 0 Å². The molecule has 0 aliphatic heterocycles. The number of benzene rings is 1. The van der Waals surface area contributed by atoms with Crippen LogP contribution in [0, 0.1) is 6.92 Å². The van der Waals surface area contributed by atoms with Gasteiger partial charge in [-0.1, -0.05) is 24.3 Å². The third kappa shape index (κ3) is 2.79. The molecule has 1 aromatic carbocycles. The maximum absolute atomic E-state index is 11.3. The molecule has 1 N–H and O–H groups in total. The van der Waals surface area contributed by atoms with Gasteiger partial charge >= 0.3 is 0 Å². The maximum Gasteiger partial charge on any atom is 0.152 e. The summed E-state index contributed by atoms with van der Waals surface area (Å²) < 4.78 is 22.6. The van der Waals surface area contributed by atoms with Crippen LogP contribution >= 0.6 is 0 Å². The van der Waals surface area contributed by atoms with Crippen LogP contribution < -0.4 is 0 Å². The fraction of sp³-hybridized carbons (Fsp3) is 0.455. The zero-order valence-corrected chi connectivity index (χ0v) is 9.95. The summed E-state index contributed by atoms with van der Waals surface area (Å²) in [4.78, 5) is 0. The molecule has 1 aromatic rings. The molecule has 0 spiro atoms. The number of rotatable bonds is 3. The van der Waals surface area contributed by atoms with Crippen LogP contribution in [0.25, 0.3) is 0 Å². The molecule has 0 amide bonds. The molecule has 84 valence electrons. The second kappa shape index (κ2) is 4.33. The minimum Gasteiger partial charge on any atom is -0.387 e. The average molecular weight is 228 g/mol. The van der Waals surface area contributed by atoms with Crippen molar-refractivity contribution < 1.29 is 13.5 Å². The quantitative estimate of drug-likeness (QED) is 0.852. The summed E-state index contributed by atoms with van der Waals surface area (Å²) in [7, 11) is -3.22. The summed E-state index contributed by atoms with van der Waals surface area (Å²) in [6.07, 6.45) is 0.181. The van der Waals surface area contributed by atoms with E-state index in [9.17, 15) is 13.5 Å². The summed E-state index contributed by atoms with van der Waals surface area (Å²) in [6.45, 7) is 3.37. The Balaban J connectivity index is 3.06. The second-order valence-electron chi connectivity index (χ2n) is 3.84. The van der Waals surface area contributed by atoms with Gasteiger partial charge in [-0.05, 0) is 25.0 Å². The molecule has 2 atom stereocenters. The SMILES string of the molecule is Cc1ccccc1[C@H](O)[C@H](C)S(C)(=O)=O. The van der Waals surface area contributed by atoms with Crippen LogP contribution in [0.3, 0.4) is 0 Å². The number of aliphatic hydroxyl groups excluding tert-OH is 1. The molecule has 0 heterocycles. The molecule has 0 bridgehead atoms. The van der Waals surface area contributed by atoms with Crippen molar-refractivity contribution in [2.45, 2.75) is 25.2 Å². The monoisotopic (exact) mass is 228 g/mol. The van der Waals surface area contributed by atoms with Crippen LogP contribution in [-0.4, -0.2) is 25.0 Å². The lowest BCUT2D eigenvalue weighted by atomic mass is 10.0. The van der Waals surface area contributed by atoms with E-state index in [1.165, 1.54) is 6.92 Å². The third-order valence-electron chi connectivity index (χ3n) is 2.63. The largest absolute Gasteiger partial charge is 0.387 e. The van der Waals surface area contributed by atoms with E-state index in [1.807, 2.05) is 19.1 Å². The highest BCUT2D eigenvalue weighted by Crippen LogP contribution is 2.23. The molecular formula is C11H16O3S. The summed E-state index contributed by atoms with van der Waals surface area (Å²) in [6, 6.07) is 7.26. The zero-order valence-electron chi connectivity index (χ0n) is 9.14. The van der Waals surface area contributed by atoms with Crippen molar-refractivity contribution in [2.24, 2.45) is 0 Å². The molecule has 0 aliphatic rings. The highest BCUT2D eigenvalue weighted by atomic mass is 32.2. The first-order valence-electron chi connectivity index (χ1n) is 4.76. The summed E-state index contributed by atoms with van der Waals surface area (Å²) in [5.74, 6) is 0. The van der Waals surface area contributed by atoms with E-state index in [0.717, 1.165) is 11.8 Å². The Morgan fingerprint density at radius 2 is 1.80 bits per heavy atom. The van der Waals surface area contributed by atoms with Crippen LogP contribution in [0.15, 0.2) is 24.3 Å². The summed E-state index contributed by atoms with van der Waals surface area (Å²) in [5, 5.41) is 9.15. The fourth-order valence-electron chi connectivity index (χ4n) is 1.41. The van der Waals surface area contributed by atoms with Gasteiger partial charge in [-0.25, -0.2) is 8.42 Å². The first-order valence-corrected chi connectivity index (χ1v) is 6.72. The van der Waals surface area contributed by atoms with Gasteiger partial charge in [0.1, 0.15) is 0 Å². The standard InChI is InChI=1S/C11H16O3S/c1-8-6-4-5-7-10(8)11(12)9(2)15(3,13)14/h4-7,9,11-12H,1-3H3/t9-,11+/m0/s1. The second-order valence-corrected chi connectivity index (χ2v) is 6.24. The molecule has 0 fully saturated rings. The number of hydrogen-bond donors (Lipinski definition) is 1. The fourth-order valence-corrected chi connectivity index (χ4v) is 2.02. The van der Waals surface area contributed by atoms with E-state index in [-0.39, 0.29) is 0 Å². The van der Waals surface area contributed by atoms with E-state index in [4.69, 9.17) is 0 Å². The Hall–Kier alpha value is -0.870. The molecule has 0 aromatic heterocycles. The minimum atomic E-state index is -3.22. The van der Waals surface area contributed by atoms with Crippen molar-refractivity contribution in [2.75, 3.05) is 6.26 Å². The smallest absolute Gasteiger partial charge is 0.152 e. The Kier molecular flexibility index (Phi) is 3.52.